The summed E-state index contributed by atoms with van der Waals surface area (Å²) in [7, 11) is 0. The second-order valence-corrected chi connectivity index (χ2v) is 5.15. The number of hydrogen-bond acceptors (Lipinski definition) is 2. The maximum atomic E-state index is 4.04. The van der Waals surface area contributed by atoms with Crippen molar-refractivity contribution in [2.75, 3.05) is 5.32 Å². The zero-order valence-electron chi connectivity index (χ0n) is 12.2. The van der Waals surface area contributed by atoms with Crippen LogP contribution in [-0.4, -0.2) is 14.5 Å². The Balaban J connectivity index is 1.60. The highest BCUT2D eigenvalue weighted by atomic mass is 14.9. The molecular formula is C17H20N4. The Bertz CT molecular complexity index is 665. The largest absolute Gasteiger partial charge is 0.381 e. The van der Waals surface area contributed by atoms with E-state index in [-0.39, 0.29) is 0 Å². The Labute approximate surface area is 124 Å². The van der Waals surface area contributed by atoms with Crippen LogP contribution in [0.4, 0.5) is 5.69 Å². The van der Waals surface area contributed by atoms with Crippen LogP contribution >= 0.6 is 0 Å². The van der Waals surface area contributed by atoms with Gasteiger partial charge in [0, 0.05) is 31.2 Å². The van der Waals surface area contributed by atoms with Crippen molar-refractivity contribution >= 4 is 5.69 Å². The quantitative estimate of drug-likeness (QED) is 0.719. The molecule has 0 bridgehead atoms. The first kappa shape index (κ1) is 13.5. The zero-order valence-corrected chi connectivity index (χ0v) is 12.2. The summed E-state index contributed by atoms with van der Waals surface area (Å²) in [6.45, 7) is 4.12. The van der Waals surface area contributed by atoms with Gasteiger partial charge in [0.2, 0.25) is 0 Å². The standard InChI is InChI=1S/C17H20N4/c1-2-8-21-9-7-14(12-21)10-19-16-5-3-15(4-6-16)17-11-18-13-20-17/h3-7,9,11-13,19H,2,8,10H2,1H3,(H,18,20). The molecule has 2 heterocycles. The van der Waals surface area contributed by atoms with Gasteiger partial charge in [-0.15, -0.1) is 0 Å². The minimum absolute atomic E-state index is 0.847. The Kier molecular flexibility index (Phi) is 4.05. The minimum atomic E-state index is 0.847. The summed E-state index contributed by atoms with van der Waals surface area (Å²) < 4.78 is 2.23. The molecule has 0 fully saturated rings. The number of nitrogens with zero attached hydrogens (tertiary/aromatic N) is 2. The van der Waals surface area contributed by atoms with E-state index in [0.29, 0.717) is 0 Å². The molecule has 0 aliphatic carbocycles. The van der Waals surface area contributed by atoms with Crippen LogP contribution in [0.2, 0.25) is 0 Å². The molecule has 3 aromatic rings. The summed E-state index contributed by atoms with van der Waals surface area (Å²) in [5.41, 5.74) is 4.62. The maximum absolute atomic E-state index is 4.04. The molecule has 2 aromatic heterocycles. The van der Waals surface area contributed by atoms with Crippen molar-refractivity contribution in [3.8, 4) is 11.3 Å². The first-order valence-corrected chi connectivity index (χ1v) is 7.32. The van der Waals surface area contributed by atoms with Gasteiger partial charge in [0.25, 0.3) is 0 Å². The van der Waals surface area contributed by atoms with Gasteiger partial charge in [-0.2, -0.15) is 0 Å². The van der Waals surface area contributed by atoms with E-state index in [9.17, 15) is 0 Å². The zero-order chi connectivity index (χ0) is 14.5. The third-order valence-electron chi connectivity index (χ3n) is 3.48. The second-order valence-electron chi connectivity index (χ2n) is 5.15. The van der Waals surface area contributed by atoms with E-state index in [0.717, 1.165) is 36.5 Å². The lowest BCUT2D eigenvalue weighted by molar-refractivity contribution is 0.682. The molecule has 0 aliphatic rings. The number of aromatic amines is 1. The summed E-state index contributed by atoms with van der Waals surface area (Å²) in [6, 6.07) is 10.6. The van der Waals surface area contributed by atoms with Crippen molar-refractivity contribution < 1.29 is 0 Å². The van der Waals surface area contributed by atoms with Gasteiger partial charge in [-0.25, -0.2) is 4.98 Å². The van der Waals surface area contributed by atoms with Gasteiger partial charge in [-0.1, -0.05) is 19.1 Å². The molecule has 3 rings (SSSR count). The number of benzene rings is 1. The van der Waals surface area contributed by atoms with Gasteiger partial charge < -0.3 is 14.9 Å². The maximum Gasteiger partial charge on any atom is 0.0924 e. The molecule has 1 aromatic carbocycles. The first-order valence-electron chi connectivity index (χ1n) is 7.32. The fourth-order valence-corrected chi connectivity index (χ4v) is 2.38. The van der Waals surface area contributed by atoms with E-state index in [1.807, 2.05) is 6.20 Å². The van der Waals surface area contributed by atoms with Gasteiger partial charge in [0.15, 0.2) is 0 Å². The number of aromatic nitrogens is 3. The topological polar surface area (TPSA) is 45.6 Å². The highest BCUT2D eigenvalue weighted by Gasteiger charge is 2.00. The van der Waals surface area contributed by atoms with Gasteiger partial charge in [0.05, 0.1) is 18.2 Å². The molecule has 0 atom stereocenters. The Morgan fingerprint density at radius 1 is 1.19 bits per heavy atom. The second kappa shape index (κ2) is 6.31. The SMILES string of the molecule is CCCn1ccc(CNc2ccc(-c3cnc[nH]3)cc2)c1. The first-order chi connectivity index (χ1) is 10.3. The molecular weight excluding hydrogens is 260 g/mol. The molecule has 108 valence electrons. The molecule has 0 radical (unpaired) electrons. The van der Waals surface area contributed by atoms with Gasteiger partial charge >= 0.3 is 0 Å². The minimum Gasteiger partial charge on any atom is -0.381 e. The average Bonchev–Trinajstić information content (AvgIpc) is 3.18. The number of rotatable bonds is 6. The van der Waals surface area contributed by atoms with Crippen LogP contribution in [0.3, 0.4) is 0 Å². The normalized spacial score (nSPS) is 10.7. The Hall–Kier alpha value is -2.49. The van der Waals surface area contributed by atoms with E-state index >= 15 is 0 Å². The number of imidazole rings is 1. The smallest absolute Gasteiger partial charge is 0.0924 e. The van der Waals surface area contributed by atoms with Crippen LogP contribution in [0.5, 0.6) is 0 Å². The fourth-order valence-electron chi connectivity index (χ4n) is 2.38. The highest BCUT2D eigenvalue weighted by molar-refractivity contribution is 5.61. The van der Waals surface area contributed by atoms with Crippen LogP contribution in [0.25, 0.3) is 11.3 Å². The summed E-state index contributed by atoms with van der Waals surface area (Å²) in [5, 5.41) is 3.45. The number of hydrogen-bond donors (Lipinski definition) is 2. The van der Waals surface area contributed by atoms with Crippen molar-refractivity contribution in [2.24, 2.45) is 0 Å². The van der Waals surface area contributed by atoms with Crippen molar-refractivity contribution in [1.82, 2.24) is 14.5 Å². The molecule has 0 amide bonds. The Morgan fingerprint density at radius 3 is 2.76 bits per heavy atom. The number of nitrogens with one attached hydrogen (secondary N) is 2. The van der Waals surface area contributed by atoms with Crippen LogP contribution in [-0.2, 0) is 13.1 Å². The molecule has 0 aliphatic heterocycles. The molecule has 0 spiro atoms. The lowest BCUT2D eigenvalue weighted by Gasteiger charge is -2.06. The van der Waals surface area contributed by atoms with Crippen molar-refractivity contribution in [3.63, 3.8) is 0 Å². The summed E-state index contributed by atoms with van der Waals surface area (Å²) in [4.78, 5) is 7.15. The fraction of sp³-hybridized carbons (Fsp3) is 0.235. The molecule has 21 heavy (non-hydrogen) atoms. The lowest BCUT2D eigenvalue weighted by Crippen LogP contribution is -1.98. The Morgan fingerprint density at radius 2 is 2.05 bits per heavy atom. The third kappa shape index (κ3) is 3.34. The van der Waals surface area contributed by atoms with E-state index in [1.54, 1.807) is 6.33 Å². The molecule has 0 saturated carbocycles. The molecule has 2 N–H and O–H groups in total. The number of aryl methyl sites for hydroxylation is 1. The van der Waals surface area contributed by atoms with Crippen LogP contribution in [0, 0.1) is 0 Å². The van der Waals surface area contributed by atoms with E-state index in [1.165, 1.54) is 5.56 Å². The summed E-state index contributed by atoms with van der Waals surface area (Å²) >= 11 is 0. The molecule has 0 unspecified atom stereocenters. The van der Waals surface area contributed by atoms with Gasteiger partial charge in [-0.3, -0.25) is 0 Å². The van der Waals surface area contributed by atoms with Gasteiger partial charge in [-0.05, 0) is 35.7 Å². The highest BCUT2D eigenvalue weighted by Crippen LogP contribution is 2.19. The summed E-state index contributed by atoms with van der Waals surface area (Å²) in [5.74, 6) is 0. The predicted molar refractivity (Wildman–Crippen MR) is 86.1 cm³/mol. The van der Waals surface area contributed by atoms with E-state index in [2.05, 4.69) is 69.5 Å². The molecule has 4 nitrogen and oxygen atoms in total. The van der Waals surface area contributed by atoms with Gasteiger partial charge in [0.1, 0.15) is 0 Å². The predicted octanol–water partition coefficient (Wildman–Crippen LogP) is 3.90. The summed E-state index contributed by atoms with van der Waals surface area (Å²) in [6.07, 6.45) is 9.04. The van der Waals surface area contributed by atoms with Crippen LogP contribution in [0.15, 0.2) is 55.2 Å². The molecule has 4 heteroatoms. The molecule has 0 saturated heterocycles. The lowest BCUT2D eigenvalue weighted by atomic mass is 10.1. The van der Waals surface area contributed by atoms with Crippen molar-refractivity contribution in [3.05, 3.63) is 60.8 Å². The van der Waals surface area contributed by atoms with Crippen molar-refractivity contribution in [1.29, 1.82) is 0 Å². The average molecular weight is 280 g/mol. The number of H-pyrrole nitrogens is 1. The third-order valence-corrected chi connectivity index (χ3v) is 3.48. The van der Waals surface area contributed by atoms with Crippen LogP contribution in [0.1, 0.15) is 18.9 Å². The van der Waals surface area contributed by atoms with Crippen molar-refractivity contribution in [2.45, 2.75) is 26.4 Å². The van der Waals surface area contributed by atoms with E-state index < -0.39 is 0 Å². The van der Waals surface area contributed by atoms with E-state index in [4.69, 9.17) is 0 Å². The number of anilines is 1. The monoisotopic (exact) mass is 280 g/mol. The van der Waals surface area contributed by atoms with Crippen LogP contribution < -0.4 is 5.32 Å².